The Morgan fingerprint density at radius 2 is 1.85 bits per heavy atom. The Morgan fingerprint density at radius 1 is 1.08 bits per heavy atom. The number of hydrogen-bond donors (Lipinski definition) is 0. The van der Waals surface area contributed by atoms with Gasteiger partial charge in [-0.15, -0.1) is 11.3 Å². The Hall–Kier alpha value is -0.300. The number of thiophene rings is 1. The van der Waals surface area contributed by atoms with Gasteiger partial charge in [0.1, 0.15) is 0 Å². The summed E-state index contributed by atoms with van der Waals surface area (Å²) in [5.74, 6) is 0. The quantitative estimate of drug-likeness (QED) is 0.672. The van der Waals surface area contributed by atoms with Gasteiger partial charge in [0, 0.05) is 9.75 Å². The Morgan fingerprint density at radius 3 is 2.54 bits per heavy atom. The maximum atomic E-state index is 2.30. The molecule has 0 saturated carbocycles. The Bertz CT molecular complexity index is 286. The Kier molecular flexibility index (Phi) is 2.73. The molecular formula is C12H18S. The van der Waals surface area contributed by atoms with Crippen LogP contribution in [0.1, 0.15) is 47.6 Å². The lowest BCUT2D eigenvalue weighted by atomic mass is 9.93. The summed E-state index contributed by atoms with van der Waals surface area (Å²) in [7, 11) is 0. The minimum Gasteiger partial charge on any atom is -0.145 e. The average Bonchev–Trinajstić information content (AvgIpc) is 2.55. The fourth-order valence-corrected chi connectivity index (χ4v) is 3.81. The molecule has 0 amide bonds. The van der Waals surface area contributed by atoms with Crippen molar-refractivity contribution in [3.05, 3.63) is 20.9 Å². The van der Waals surface area contributed by atoms with Crippen LogP contribution in [0.3, 0.4) is 0 Å². The molecule has 0 atom stereocenters. The summed E-state index contributed by atoms with van der Waals surface area (Å²) in [5.41, 5.74) is 3.43. The number of rotatable bonds is 2. The first-order chi connectivity index (χ1) is 6.36. The monoisotopic (exact) mass is 194 g/mol. The molecule has 0 nitrogen and oxygen atoms in total. The highest BCUT2D eigenvalue weighted by atomic mass is 32.1. The van der Waals surface area contributed by atoms with E-state index in [4.69, 9.17) is 0 Å². The van der Waals surface area contributed by atoms with Gasteiger partial charge in [0.05, 0.1) is 0 Å². The van der Waals surface area contributed by atoms with E-state index in [1.165, 1.54) is 38.5 Å². The molecule has 0 saturated heterocycles. The predicted octanol–water partition coefficient (Wildman–Crippen LogP) is 3.75. The summed E-state index contributed by atoms with van der Waals surface area (Å²) in [6.07, 6.45) is 8.03. The van der Waals surface area contributed by atoms with Crippen LogP contribution in [-0.2, 0) is 25.7 Å². The molecule has 1 aromatic rings. The van der Waals surface area contributed by atoms with Crippen LogP contribution in [0.5, 0.6) is 0 Å². The normalized spacial score (nSPS) is 15.8. The lowest BCUT2D eigenvalue weighted by molar-refractivity contribution is 0.691. The van der Waals surface area contributed by atoms with Gasteiger partial charge in [-0.05, 0) is 49.7 Å². The van der Waals surface area contributed by atoms with E-state index in [9.17, 15) is 0 Å². The molecule has 1 heteroatoms. The fourth-order valence-electron chi connectivity index (χ4n) is 2.38. The summed E-state index contributed by atoms with van der Waals surface area (Å²) in [6.45, 7) is 4.59. The molecule has 1 heterocycles. The lowest BCUT2D eigenvalue weighted by Gasteiger charge is -2.11. The van der Waals surface area contributed by atoms with Crippen molar-refractivity contribution in [2.45, 2.75) is 52.4 Å². The van der Waals surface area contributed by atoms with Crippen molar-refractivity contribution in [3.63, 3.8) is 0 Å². The van der Waals surface area contributed by atoms with E-state index < -0.39 is 0 Å². The van der Waals surface area contributed by atoms with Crippen molar-refractivity contribution >= 4 is 11.3 Å². The molecule has 0 fully saturated rings. The Balaban J connectivity index is 2.44. The van der Waals surface area contributed by atoms with Crippen LogP contribution in [0.15, 0.2) is 0 Å². The highest BCUT2D eigenvalue weighted by Gasteiger charge is 2.17. The summed E-state index contributed by atoms with van der Waals surface area (Å²) in [5, 5.41) is 0. The van der Waals surface area contributed by atoms with Gasteiger partial charge in [-0.3, -0.25) is 0 Å². The first kappa shape index (κ1) is 9.26. The maximum absolute atomic E-state index is 2.30. The fraction of sp³-hybridized carbons (Fsp3) is 0.667. The minimum atomic E-state index is 1.24. The van der Waals surface area contributed by atoms with E-state index in [1.807, 2.05) is 0 Å². The SMILES string of the molecule is CCc1sc2c(c1CC)CCCC2. The van der Waals surface area contributed by atoms with Crippen molar-refractivity contribution in [1.29, 1.82) is 0 Å². The zero-order valence-electron chi connectivity index (χ0n) is 8.65. The summed E-state index contributed by atoms with van der Waals surface area (Å²) in [6, 6.07) is 0. The largest absolute Gasteiger partial charge is 0.145 e. The molecular weight excluding hydrogens is 176 g/mol. The van der Waals surface area contributed by atoms with Crippen molar-refractivity contribution in [2.24, 2.45) is 0 Å². The number of fused-ring (bicyclic) bond motifs is 1. The molecule has 0 aliphatic heterocycles. The zero-order chi connectivity index (χ0) is 9.26. The molecule has 1 aliphatic carbocycles. The van der Waals surface area contributed by atoms with Gasteiger partial charge < -0.3 is 0 Å². The number of aryl methyl sites for hydroxylation is 2. The predicted molar refractivity (Wildman–Crippen MR) is 59.7 cm³/mol. The molecule has 2 rings (SSSR count). The molecule has 0 bridgehead atoms. The van der Waals surface area contributed by atoms with Crippen LogP contribution in [0, 0.1) is 0 Å². The molecule has 0 aromatic carbocycles. The van der Waals surface area contributed by atoms with Gasteiger partial charge in [-0.25, -0.2) is 0 Å². The molecule has 72 valence electrons. The molecule has 13 heavy (non-hydrogen) atoms. The van der Waals surface area contributed by atoms with Crippen molar-refractivity contribution in [3.8, 4) is 0 Å². The first-order valence-corrected chi connectivity index (χ1v) is 6.30. The molecule has 0 N–H and O–H groups in total. The topological polar surface area (TPSA) is 0 Å². The van der Waals surface area contributed by atoms with Crippen LogP contribution in [-0.4, -0.2) is 0 Å². The van der Waals surface area contributed by atoms with Gasteiger partial charge in [0.25, 0.3) is 0 Å². The van der Waals surface area contributed by atoms with Crippen LogP contribution in [0.4, 0.5) is 0 Å². The maximum Gasteiger partial charge on any atom is 0.00830 e. The smallest absolute Gasteiger partial charge is 0.00830 e. The van der Waals surface area contributed by atoms with Gasteiger partial charge >= 0.3 is 0 Å². The molecule has 0 unspecified atom stereocenters. The second kappa shape index (κ2) is 3.83. The highest BCUT2D eigenvalue weighted by Crippen LogP contribution is 2.34. The van der Waals surface area contributed by atoms with Crippen LogP contribution in [0.25, 0.3) is 0 Å². The van der Waals surface area contributed by atoms with Crippen molar-refractivity contribution < 1.29 is 0 Å². The molecule has 1 aromatic heterocycles. The van der Waals surface area contributed by atoms with Gasteiger partial charge in [0.15, 0.2) is 0 Å². The third kappa shape index (κ3) is 1.54. The lowest BCUT2D eigenvalue weighted by Crippen LogP contribution is -2.00. The second-order valence-corrected chi connectivity index (χ2v) is 5.01. The van der Waals surface area contributed by atoms with E-state index in [2.05, 4.69) is 25.2 Å². The van der Waals surface area contributed by atoms with Gasteiger partial charge in [-0.1, -0.05) is 13.8 Å². The summed E-state index contributed by atoms with van der Waals surface area (Å²) in [4.78, 5) is 3.37. The summed E-state index contributed by atoms with van der Waals surface area (Å²) >= 11 is 2.09. The van der Waals surface area contributed by atoms with Crippen molar-refractivity contribution in [1.82, 2.24) is 0 Å². The Labute approximate surface area is 85.0 Å². The van der Waals surface area contributed by atoms with E-state index in [1.54, 1.807) is 20.9 Å². The van der Waals surface area contributed by atoms with E-state index in [-0.39, 0.29) is 0 Å². The zero-order valence-corrected chi connectivity index (χ0v) is 9.47. The van der Waals surface area contributed by atoms with E-state index in [0.29, 0.717) is 0 Å². The number of hydrogen-bond acceptors (Lipinski definition) is 1. The third-order valence-corrected chi connectivity index (χ3v) is 4.52. The van der Waals surface area contributed by atoms with Crippen LogP contribution in [0.2, 0.25) is 0 Å². The summed E-state index contributed by atoms with van der Waals surface area (Å²) < 4.78 is 0. The molecule has 0 radical (unpaired) electrons. The van der Waals surface area contributed by atoms with Crippen molar-refractivity contribution in [2.75, 3.05) is 0 Å². The molecule has 1 aliphatic rings. The van der Waals surface area contributed by atoms with Crippen LogP contribution < -0.4 is 0 Å². The average molecular weight is 194 g/mol. The van der Waals surface area contributed by atoms with Crippen LogP contribution >= 0.6 is 11.3 Å². The van der Waals surface area contributed by atoms with Gasteiger partial charge in [0.2, 0.25) is 0 Å². The molecule has 0 spiro atoms. The highest BCUT2D eigenvalue weighted by molar-refractivity contribution is 7.12. The standard InChI is InChI=1S/C12H18S/c1-3-9-10-7-5-6-8-12(10)13-11(9)4-2/h3-8H2,1-2H3. The van der Waals surface area contributed by atoms with Gasteiger partial charge in [-0.2, -0.15) is 0 Å². The third-order valence-electron chi connectivity index (χ3n) is 3.04. The second-order valence-electron chi connectivity index (χ2n) is 3.82. The van der Waals surface area contributed by atoms with E-state index in [0.717, 1.165) is 0 Å². The van der Waals surface area contributed by atoms with E-state index >= 15 is 0 Å². The first-order valence-electron chi connectivity index (χ1n) is 5.49. The minimum absolute atomic E-state index is 1.24.